The van der Waals surface area contributed by atoms with E-state index in [1.807, 2.05) is 65.9 Å². The average Bonchev–Trinajstić information content (AvgIpc) is 3.42. The maximum Gasteiger partial charge on any atom is 0.276 e. The minimum atomic E-state index is -0.304. The van der Waals surface area contributed by atoms with Crippen LogP contribution in [0.25, 0.3) is 16.6 Å². The van der Waals surface area contributed by atoms with E-state index in [-0.39, 0.29) is 18.4 Å². The Balaban J connectivity index is 1.48. The fourth-order valence-corrected chi connectivity index (χ4v) is 3.82. The SMILES string of the molecule is CCN(CC)C(=O)Cn1ccc2cc(NC(=O)c3ccn(-c4cccc(Cl)c4)n3)ccc21. The van der Waals surface area contributed by atoms with E-state index in [1.165, 1.54) is 0 Å². The highest BCUT2D eigenvalue weighted by atomic mass is 35.5. The minimum Gasteiger partial charge on any atom is -0.342 e. The minimum absolute atomic E-state index is 0.0835. The highest BCUT2D eigenvalue weighted by Crippen LogP contribution is 2.21. The van der Waals surface area contributed by atoms with Gasteiger partial charge in [-0.05, 0) is 62.4 Å². The molecule has 0 aliphatic rings. The fourth-order valence-electron chi connectivity index (χ4n) is 3.64. The number of amides is 2. The maximum absolute atomic E-state index is 12.7. The van der Waals surface area contributed by atoms with Gasteiger partial charge in [-0.15, -0.1) is 0 Å². The summed E-state index contributed by atoms with van der Waals surface area (Å²) in [5.41, 5.74) is 2.67. The van der Waals surface area contributed by atoms with E-state index in [0.717, 1.165) is 16.6 Å². The number of hydrogen-bond donors (Lipinski definition) is 1. The second kappa shape index (κ2) is 9.28. The maximum atomic E-state index is 12.7. The van der Waals surface area contributed by atoms with E-state index in [0.29, 0.717) is 29.5 Å². The lowest BCUT2D eigenvalue weighted by Gasteiger charge is -2.19. The van der Waals surface area contributed by atoms with Gasteiger partial charge in [-0.1, -0.05) is 17.7 Å². The Labute approximate surface area is 191 Å². The van der Waals surface area contributed by atoms with Gasteiger partial charge in [0.25, 0.3) is 5.91 Å². The van der Waals surface area contributed by atoms with Gasteiger partial charge >= 0.3 is 0 Å². The Kier molecular flexibility index (Phi) is 6.28. The Morgan fingerprint density at radius 2 is 1.84 bits per heavy atom. The van der Waals surface area contributed by atoms with Gasteiger partial charge in [-0.3, -0.25) is 9.59 Å². The quantitative estimate of drug-likeness (QED) is 0.448. The van der Waals surface area contributed by atoms with Crippen LogP contribution in [-0.2, 0) is 11.3 Å². The Morgan fingerprint density at radius 1 is 1.03 bits per heavy atom. The predicted octanol–water partition coefficient (Wildman–Crippen LogP) is 4.60. The van der Waals surface area contributed by atoms with Crippen LogP contribution in [0.3, 0.4) is 0 Å². The molecule has 2 aromatic carbocycles. The number of hydrogen-bond acceptors (Lipinski definition) is 3. The predicted molar refractivity (Wildman–Crippen MR) is 126 cm³/mol. The van der Waals surface area contributed by atoms with Gasteiger partial charge in [0, 0.05) is 47.1 Å². The molecule has 32 heavy (non-hydrogen) atoms. The third kappa shape index (κ3) is 4.53. The van der Waals surface area contributed by atoms with Crippen molar-refractivity contribution in [2.75, 3.05) is 18.4 Å². The summed E-state index contributed by atoms with van der Waals surface area (Å²) in [4.78, 5) is 26.9. The molecule has 2 aromatic heterocycles. The van der Waals surface area contributed by atoms with Crippen molar-refractivity contribution in [3.05, 3.63) is 77.7 Å². The summed E-state index contributed by atoms with van der Waals surface area (Å²) >= 11 is 6.04. The molecule has 4 rings (SSSR count). The summed E-state index contributed by atoms with van der Waals surface area (Å²) in [6, 6.07) is 16.5. The summed E-state index contributed by atoms with van der Waals surface area (Å²) in [7, 11) is 0. The second-order valence-electron chi connectivity index (χ2n) is 7.36. The molecule has 0 fully saturated rings. The van der Waals surface area contributed by atoms with Crippen LogP contribution < -0.4 is 5.32 Å². The zero-order valence-corrected chi connectivity index (χ0v) is 18.7. The zero-order chi connectivity index (χ0) is 22.7. The lowest BCUT2D eigenvalue weighted by Crippen LogP contribution is -2.33. The van der Waals surface area contributed by atoms with E-state index in [9.17, 15) is 9.59 Å². The van der Waals surface area contributed by atoms with Crippen molar-refractivity contribution in [2.45, 2.75) is 20.4 Å². The molecule has 0 saturated carbocycles. The van der Waals surface area contributed by atoms with E-state index in [1.54, 1.807) is 29.1 Å². The van der Waals surface area contributed by atoms with Crippen LogP contribution in [0.15, 0.2) is 67.0 Å². The van der Waals surface area contributed by atoms with Crippen molar-refractivity contribution in [1.29, 1.82) is 0 Å². The molecule has 8 heteroatoms. The van der Waals surface area contributed by atoms with Gasteiger partial charge in [-0.25, -0.2) is 4.68 Å². The smallest absolute Gasteiger partial charge is 0.276 e. The molecule has 4 aromatic rings. The standard InChI is InChI=1S/C24H24ClN5O2/c1-3-28(4-2)23(31)16-29-12-10-17-14-19(8-9-22(17)29)26-24(32)21-11-13-30(27-21)20-7-5-6-18(25)15-20/h5-15H,3-4,16H2,1-2H3,(H,26,32). The molecular formula is C24H24ClN5O2. The average molecular weight is 450 g/mol. The highest BCUT2D eigenvalue weighted by molar-refractivity contribution is 6.30. The number of nitrogens with zero attached hydrogens (tertiary/aromatic N) is 4. The van der Waals surface area contributed by atoms with Crippen molar-refractivity contribution >= 4 is 40.0 Å². The number of carbonyl (C=O) groups is 2. The van der Waals surface area contributed by atoms with Crippen molar-refractivity contribution in [2.24, 2.45) is 0 Å². The number of rotatable bonds is 7. The van der Waals surface area contributed by atoms with Gasteiger partial charge < -0.3 is 14.8 Å². The molecular weight excluding hydrogens is 426 g/mol. The van der Waals surface area contributed by atoms with Gasteiger partial charge in [0.15, 0.2) is 5.69 Å². The molecule has 0 atom stereocenters. The molecule has 0 aliphatic heterocycles. The summed E-state index contributed by atoms with van der Waals surface area (Å²) in [6.45, 7) is 5.62. The summed E-state index contributed by atoms with van der Waals surface area (Å²) < 4.78 is 3.53. The molecule has 0 saturated heterocycles. The van der Waals surface area contributed by atoms with Crippen LogP contribution in [-0.4, -0.2) is 44.2 Å². The van der Waals surface area contributed by atoms with Crippen LogP contribution in [0.2, 0.25) is 5.02 Å². The van der Waals surface area contributed by atoms with E-state index in [2.05, 4.69) is 10.4 Å². The molecule has 0 bridgehead atoms. The molecule has 0 radical (unpaired) electrons. The van der Waals surface area contributed by atoms with Crippen LogP contribution in [0.5, 0.6) is 0 Å². The molecule has 7 nitrogen and oxygen atoms in total. The van der Waals surface area contributed by atoms with Crippen LogP contribution in [0, 0.1) is 0 Å². The first-order chi connectivity index (χ1) is 15.5. The summed E-state index contributed by atoms with van der Waals surface area (Å²) in [5.74, 6) is -0.221. The second-order valence-corrected chi connectivity index (χ2v) is 7.80. The number of nitrogens with one attached hydrogen (secondary N) is 1. The van der Waals surface area contributed by atoms with Gasteiger partial charge in [0.05, 0.1) is 5.69 Å². The lowest BCUT2D eigenvalue weighted by molar-refractivity contribution is -0.131. The zero-order valence-electron chi connectivity index (χ0n) is 18.0. The van der Waals surface area contributed by atoms with Gasteiger partial charge in [0.1, 0.15) is 6.54 Å². The molecule has 164 valence electrons. The van der Waals surface area contributed by atoms with Crippen molar-refractivity contribution in [1.82, 2.24) is 19.2 Å². The number of fused-ring (bicyclic) bond motifs is 1. The third-order valence-corrected chi connectivity index (χ3v) is 5.58. The largest absolute Gasteiger partial charge is 0.342 e. The lowest BCUT2D eigenvalue weighted by atomic mass is 10.2. The van der Waals surface area contributed by atoms with Crippen molar-refractivity contribution in [3.8, 4) is 5.69 Å². The number of carbonyl (C=O) groups excluding carboxylic acids is 2. The Morgan fingerprint density at radius 3 is 2.59 bits per heavy atom. The highest BCUT2D eigenvalue weighted by Gasteiger charge is 2.14. The Bertz CT molecular complexity index is 1270. The summed E-state index contributed by atoms with van der Waals surface area (Å²) in [5, 5.41) is 8.78. The number of benzene rings is 2. The monoisotopic (exact) mass is 449 g/mol. The first-order valence-corrected chi connectivity index (χ1v) is 10.9. The first-order valence-electron chi connectivity index (χ1n) is 10.5. The first kappa shape index (κ1) is 21.6. The van der Waals surface area contributed by atoms with Crippen LogP contribution >= 0.6 is 11.6 Å². The molecule has 2 amide bonds. The van der Waals surface area contributed by atoms with E-state index < -0.39 is 0 Å². The van der Waals surface area contributed by atoms with E-state index >= 15 is 0 Å². The van der Waals surface area contributed by atoms with Crippen LogP contribution in [0.4, 0.5) is 5.69 Å². The third-order valence-electron chi connectivity index (χ3n) is 5.35. The molecule has 1 N–H and O–H groups in total. The van der Waals surface area contributed by atoms with Crippen LogP contribution in [0.1, 0.15) is 24.3 Å². The summed E-state index contributed by atoms with van der Waals surface area (Å²) in [6.07, 6.45) is 3.61. The van der Waals surface area contributed by atoms with Crippen molar-refractivity contribution < 1.29 is 9.59 Å². The Hall–Kier alpha value is -3.58. The molecule has 0 unspecified atom stereocenters. The number of likely N-dealkylation sites (N-methyl/N-ethyl adjacent to an activating group) is 1. The van der Waals surface area contributed by atoms with Crippen molar-refractivity contribution in [3.63, 3.8) is 0 Å². The van der Waals surface area contributed by atoms with E-state index in [4.69, 9.17) is 11.6 Å². The van der Waals surface area contributed by atoms with Gasteiger partial charge in [-0.2, -0.15) is 5.10 Å². The topological polar surface area (TPSA) is 72.2 Å². The number of halogens is 1. The number of aromatic nitrogens is 3. The molecule has 2 heterocycles. The number of anilines is 1. The fraction of sp³-hybridized carbons (Fsp3) is 0.208. The normalized spacial score (nSPS) is 11.0. The molecule has 0 aliphatic carbocycles. The van der Waals surface area contributed by atoms with Gasteiger partial charge in [0.2, 0.25) is 5.91 Å². The molecule has 0 spiro atoms.